The number of methoxy groups -OCH3 is 1. The Hall–Kier alpha value is -3.60. The van der Waals surface area contributed by atoms with Crippen molar-refractivity contribution in [1.82, 2.24) is 26.3 Å². The molecule has 2 aliphatic heterocycles. The zero-order valence-corrected chi connectivity index (χ0v) is 26.4. The summed E-state index contributed by atoms with van der Waals surface area (Å²) in [5.41, 5.74) is 3.10. The molecule has 0 fully saturated rings. The van der Waals surface area contributed by atoms with Crippen LogP contribution in [0, 0.1) is 12.3 Å². The molecule has 2 bridgehead atoms. The number of H-pyrrole nitrogens is 1. The van der Waals surface area contributed by atoms with E-state index < -0.39 is 5.41 Å². The zero-order valence-electron chi connectivity index (χ0n) is 25.7. The van der Waals surface area contributed by atoms with Gasteiger partial charge in [-0.05, 0) is 93.6 Å². The van der Waals surface area contributed by atoms with Gasteiger partial charge in [0.25, 0.3) is 5.91 Å². The molecule has 0 spiro atoms. The molecule has 1 aromatic heterocycles. The molecule has 1 unspecified atom stereocenters. The number of aromatic nitrogens is 1. The average molecular weight is 626 g/mol. The van der Waals surface area contributed by atoms with Gasteiger partial charge in [-0.15, -0.1) is 0 Å². The van der Waals surface area contributed by atoms with Gasteiger partial charge in [-0.25, -0.2) is 0 Å². The first kappa shape index (κ1) is 33.3. The summed E-state index contributed by atoms with van der Waals surface area (Å²) in [6, 6.07) is 13.1. The van der Waals surface area contributed by atoms with Crippen molar-refractivity contribution in [1.29, 1.82) is 0 Å². The maximum absolute atomic E-state index is 14.1. The van der Waals surface area contributed by atoms with Crippen LogP contribution in [0.2, 0.25) is 5.02 Å². The largest absolute Gasteiger partial charge is 0.484 e. The topological polar surface area (TPSA) is 134 Å². The molecule has 5 rings (SSSR count). The van der Waals surface area contributed by atoms with Gasteiger partial charge in [0.15, 0.2) is 6.61 Å². The lowest BCUT2D eigenvalue weighted by molar-refractivity contribution is -0.133. The number of aromatic amines is 1. The van der Waals surface area contributed by atoms with Crippen molar-refractivity contribution < 1.29 is 23.9 Å². The number of hydrogen-bond donors (Lipinski definition) is 5. The van der Waals surface area contributed by atoms with E-state index in [-0.39, 0.29) is 30.9 Å². The second kappa shape index (κ2) is 16.5. The van der Waals surface area contributed by atoms with Gasteiger partial charge in [0.2, 0.25) is 11.8 Å². The molecule has 3 heterocycles. The molecule has 0 aliphatic carbocycles. The Balaban J connectivity index is 1.53. The number of benzene rings is 2. The van der Waals surface area contributed by atoms with Crippen LogP contribution >= 0.6 is 11.6 Å². The quantitative estimate of drug-likeness (QED) is 0.273. The number of carbonyl (C=O) groups is 3. The first-order valence-electron chi connectivity index (χ1n) is 15.3. The summed E-state index contributed by atoms with van der Waals surface area (Å²) < 4.78 is 11.1. The van der Waals surface area contributed by atoms with Crippen molar-refractivity contribution in [2.24, 2.45) is 5.41 Å². The van der Waals surface area contributed by atoms with Gasteiger partial charge in [-0.3, -0.25) is 14.4 Å². The highest BCUT2D eigenvalue weighted by molar-refractivity contribution is 6.31. The molecule has 5 N–H and O–H groups in total. The normalized spacial score (nSPS) is 19.2. The molecular weight excluding hydrogens is 582 g/mol. The minimum absolute atomic E-state index is 0.0684. The Bertz CT molecular complexity index is 1410. The van der Waals surface area contributed by atoms with Crippen LogP contribution in [0.3, 0.4) is 0 Å². The zero-order chi connectivity index (χ0) is 31.4. The number of nitrogens with one attached hydrogen (secondary N) is 5. The first-order chi connectivity index (χ1) is 21.3. The number of amides is 3. The van der Waals surface area contributed by atoms with Crippen molar-refractivity contribution in [3.8, 4) is 5.75 Å². The summed E-state index contributed by atoms with van der Waals surface area (Å²) in [5.74, 6) is 0.139. The molecule has 44 heavy (non-hydrogen) atoms. The van der Waals surface area contributed by atoms with Crippen LogP contribution in [0.5, 0.6) is 5.75 Å². The molecular formula is C33H44ClN5O5. The van der Waals surface area contributed by atoms with E-state index in [1.165, 1.54) is 0 Å². The lowest BCUT2D eigenvalue weighted by Gasteiger charge is -2.33. The van der Waals surface area contributed by atoms with E-state index in [0.717, 1.165) is 40.7 Å². The molecule has 2 aromatic carbocycles. The van der Waals surface area contributed by atoms with E-state index in [9.17, 15) is 14.4 Å². The van der Waals surface area contributed by atoms with Crippen molar-refractivity contribution in [2.45, 2.75) is 45.4 Å². The second-order valence-electron chi connectivity index (χ2n) is 11.4. The van der Waals surface area contributed by atoms with Crippen LogP contribution in [0.25, 0.3) is 10.9 Å². The standard InChI is InChI=1S/C33H44ClN5O5/c1-23-27(28-19-25(34)8-11-29(28)39-23)12-17-37-32(42)33(13-18-43-2)20-24-6-9-26(10-7-24)44-21-31(41)36-16-4-15-35-14-3-5-30(40)38-22-33/h6-11,19,35,39H,3-5,12-18,20-22H2,1-2H3,(H,36,41)(H,37,42)(H,38,40). The highest BCUT2D eigenvalue weighted by atomic mass is 35.5. The van der Waals surface area contributed by atoms with Crippen molar-refractivity contribution in [3.63, 3.8) is 0 Å². The Labute approximate surface area is 264 Å². The monoisotopic (exact) mass is 625 g/mol. The summed E-state index contributed by atoms with van der Waals surface area (Å²) in [6.07, 6.45) is 3.21. The van der Waals surface area contributed by atoms with E-state index >= 15 is 0 Å². The van der Waals surface area contributed by atoms with Crippen LogP contribution in [-0.2, 0) is 32.0 Å². The van der Waals surface area contributed by atoms with Gasteiger partial charge >= 0.3 is 0 Å². The molecule has 238 valence electrons. The SMILES string of the molecule is COCCC1(C(=O)NCCc2c(C)[nH]c3ccc(Cl)cc23)CNC(=O)CCCNCCCNC(=O)COc2ccc(cc2)C1. The van der Waals surface area contributed by atoms with E-state index in [0.29, 0.717) is 69.1 Å². The Kier molecular flexibility index (Phi) is 12.5. The summed E-state index contributed by atoms with van der Waals surface area (Å²) in [5, 5.41) is 14.1. The minimum atomic E-state index is -0.953. The number of hydrogen-bond acceptors (Lipinski definition) is 6. The van der Waals surface area contributed by atoms with Crippen molar-refractivity contribution in [2.75, 3.05) is 53.0 Å². The van der Waals surface area contributed by atoms with Crippen molar-refractivity contribution in [3.05, 3.63) is 64.3 Å². The molecule has 2 aliphatic rings. The Morgan fingerprint density at radius 2 is 1.84 bits per heavy atom. The van der Waals surface area contributed by atoms with Gasteiger partial charge in [-0.2, -0.15) is 0 Å². The van der Waals surface area contributed by atoms with Gasteiger partial charge < -0.3 is 35.7 Å². The number of aryl methyl sites for hydroxylation is 1. The lowest BCUT2D eigenvalue weighted by atomic mass is 9.77. The van der Waals surface area contributed by atoms with Gasteiger partial charge in [0.05, 0.1) is 5.41 Å². The molecule has 11 heteroatoms. The second-order valence-corrected chi connectivity index (χ2v) is 11.8. The van der Waals surface area contributed by atoms with E-state index in [1.807, 2.05) is 37.3 Å². The third kappa shape index (κ3) is 9.45. The Morgan fingerprint density at radius 3 is 2.64 bits per heavy atom. The molecule has 0 saturated heterocycles. The summed E-state index contributed by atoms with van der Waals surface area (Å²) in [4.78, 5) is 42.5. The number of rotatable bonds is 7. The van der Waals surface area contributed by atoms with Crippen LogP contribution in [0.1, 0.15) is 42.5 Å². The number of halogens is 1. The van der Waals surface area contributed by atoms with E-state index in [4.69, 9.17) is 21.1 Å². The van der Waals surface area contributed by atoms with Gasteiger partial charge in [-0.1, -0.05) is 23.7 Å². The molecule has 1 atom stereocenters. The van der Waals surface area contributed by atoms with Crippen LogP contribution in [0.4, 0.5) is 0 Å². The van der Waals surface area contributed by atoms with Crippen LogP contribution < -0.4 is 26.0 Å². The molecule has 3 aromatic rings. The summed E-state index contributed by atoms with van der Waals surface area (Å²) in [6.45, 7) is 4.86. The third-order valence-electron chi connectivity index (χ3n) is 8.08. The fraction of sp³-hybridized carbons (Fsp3) is 0.485. The summed E-state index contributed by atoms with van der Waals surface area (Å²) in [7, 11) is 1.61. The van der Waals surface area contributed by atoms with Gasteiger partial charge in [0.1, 0.15) is 5.75 Å². The van der Waals surface area contributed by atoms with Crippen LogP contribution in [0.15, 0.2) is 42.5 Å². The number of fused-ring (bicyclic) bond motifs is 18. The molecule has 10 nitrogen and oxygen atoms in total. The maximum atomic E-state index is 14.1. The fourth-order valence-corrected chi connectivity index (χ4v) is 5.74. The first-order valence-corrected chi connectivity index (χ1v) is 15.7. The molecule has 0 radical (unpaired) electrons. The molecule has 0 saturated carbocycles. The number of carbonyl (C=O) groups excluding carboxylic acids is 3. The Morgan fingerprint density at radius 1 is 1.05 bits per heavy atom. The van der Waals surface area contributed by atoms with E-state index in [1.54, 1.807) is 19.2 Å². The highest BCUT2D eigenvalue weighted by Crippen LogP contribution is 2.30. The molecule has 3 amide bonds. The van der Waals surface area contributed by atoms with E-state index in [2.05, 4.69) is 26.3 Å². The smallest absolute Gasteiger partial charge is 0.257 e. The average Bonchev–Trinajstić information content (AvgIpc) is 3.32. The maximum Gasteiger partial charge on any atom is 0.257 e. The van der Waals surface area contributed by atoms with Gasteiger partial charge in [0, 0.05) is 61.4 Å². The van der Waals surface area contributed by atoms with Crippen LogP contribution in [-0.4, -0.2) is 75.8 Å². The number of ether oxygens (including phenoxy) is 2. The predicted molar refractivity (Wildman–Crippen MR) is 172 cm³/mol. The minimum Gasteiger partial charge on any atom is -0.484 e. The fourth-order valence-electron chi connectivity index (χ4n) is 5.57. The predicted octanol–water partition coefficient (Wildman–Crippen LogP) is 3.44. The highest BCUT2D eigenvalue weighted by Gasteiger charge is 2.38. The third-order valence-corrected chi connectivity index (χ3v) is 8.31. The lowest BCUT2D eigenvalue weighted by Crippen LogP contribution is -2.51. The van der Waals surface area contributed by atoms with Crippen molar-refractivity contribution >= 4 is 40.2 Å². The summed E-state index contributed by atoms with van der Waals surface area (Å²) >= 11 is 6.27.